The Balaban J connectivity index is 1.32. The molecule has 1 aliphatic carbocycles. The van der Waals surface area contributed by atoms with Gasteiger partial charge in [0.15, 0.2) is 23.2 Å². The summed E-state index contributed by atoms with van der Waals surface area (Å²) in [4.78, 5) is 13.0. The largest absolute Gasteiger partial charge is 0.387 e. The first-order valence-corrected chi connectivity index (χ1v) is 10.8. The van der Waals surface area contributed by atoms with Gasteiger partial charge in [-0.05, 0) is 30.9 Å². The Morgan fingerprint density at radius 1 is 1.16 bits per heavy atom. The van der Waals surface area contributed by atoms with E-state index in [4.69, 9.17) is 4.74 Å². The van der Waals surface area contributed by atoms with E-state index in [0.29, 0.717) is 22.9 Å². The zero-order valence-electron chi connectivity index (χ0n) is 17.4. The van der Waals surface area contributed by atoms with E-state index in [-0.39, 0.29) is 12.0 Å². The molecular weight excluding hydrogens is 413 g/mol. The lowest BCUT2D eigenvalue weighted by atomic mass is 9.85. The molecule has 166 valence electrons. The molecule has 2 aromatic heterocycles. The first-order valence-electron chi connectivity index (χ1n) is 10.8. The smallest absolute Gasteiger partial charge is 0.167 e. The number of hydrogen-bond acceptors (Lipinski definition) is 7. The second-order valence-electron chi connectivity index (χ2n) is 8.26. The summed E-state index contributed by atoms with van der Waals surface area (Å²) in [7, 11) is 0. The first-order chi connectivity index (χ1) is 15.6. The standard InChI is InChI=1S/C23H24FN5O3/c24-16-9-2-1-7-15(16)8-4-10-17-19(30)20(31)23(32-17)29-13-28-18-21(26-12-27-22(18)29)25-11-14-5-3-6-14/h1-2,7,9,12-14,17,19-20,23,30-31H,3,5-6,10-11H2,(H,25,26,27)/t17-,19-,20-,23-/m1/s1. The fraction of sp³-hybridized carbons (Fsp3) is 0.435. The third kappa shape index (κ3) is 3.93. The van der Waals surface area contributed by atoms with Crippen molar-refractivity contribution in [3.63, 3.8) is 0 Å². The third-order valence-electron chi connectivity index (χ3n) is 6.15. The van der Waals surface area contributed by atoms with Gasteiger partial charge in [-0.3, -0.25) is 4.57 Å². The summed E-state index contributed by atoms with van der Waals surface area (Å²) in [6.07, 6.45) is 2.88. The molecule has 2 aliphatic rings. The van der Waals surface area contributed by atoms with Crippen LogP contribution in [0.25, 0.3) is 11.2 Å². The molecule has 8 nitrogen and oxygen atoms in total. The highest BCUT2D eigenvalue weighted by Gasteiger charge is 2.44. The Morgan fingerprint density at radius 3 is 2.78 bits per heavy atom. The minimum Gasteiger partial charge on any atom is -0.387 e. The molecule has 0 unspecified atom stereocenters. The van der Waals surface area contributed by atoms with Crippen LogP contribution in [0.3, 0.4) is 0 Å². The number of aliphatic hydroxyl groups excluding tert-OH is 2. The van der Waals surface area contributed by atoms with Crippen molar-refractivity contribution in [2.24, 2.45) is 5.92 Å². The van der Waals surface area contributed by atoms with Gasteiger partial charge < -0.3 is 20.3 Å². The molecule has 0 amide bonds. The predicted octanol–water partition coefficient (Wildman–Crippen LogP) is 2.24. The number of imidazole rings is 1. The zero-order chi connectivity index (χ0) is 22.1. The number of fused-ring (bicyclic) bond motifs is 1. The van der Waals surface area contributed by atoms with E-state index < -0.39 is 30.4 Å². The van der Waals surface area contributed by atoms with E-state index in [1.807, 2.05) is 0 Å². The van der Waals surface area contributed by atoms with Crippen LogP contribution in [0.1, 0.15) is 37.5 Å². The number of halogens is 1. The molecular formula is C23H24FN5O3. The number of aliphatic hydroxyl groups is 2. The highest BCUT2D eigenvalue weighted by Crippen LogP contribution is 2.33. The molecule has 3 aromatic rings. The van der Waals surface area contributed by atoms with Crippen LogP contribution < -0.4 is 5.32 Å². The molecule has 5 rings (SSSR count). The molecule has 32 heavy (non-hydrogen) atoms. The van der Waals surface area contributed by atoms with Gasteiger partial charge in [-0.15, -0.1) is 0 Å². The normalized spacial score (nSPS) is 25.3. The zero-order valence-corrected chi connectivity index (χ0v) is 17.4. The summed E-state index contributed by atoms with van der Waals surface area (Å²) in [5, 5.41) is 24.4. The van der Waals surface area contributed by atoms with Crippen molar-refractivity contribution in [2.45, 2.75) is 50.2 Å². The molecule has 3 heterocycles. The van der Waals surface area contributed by atoms with Gasteiger partial charge in [0, 0.05) is 13.0 Å². The Labute approximate surface area is 184 Å². The molecule has 1 saturated heterocycles. The first kappa shape index (κ1) is 20.8. The minimum absolute atomic E-state index is 0.138. The second kappa shape index (κ2) is 8.82. The summed E-state index contributed by atoms with van der Waals surface area (Å²) in [6.45, 7) is 0.836. The Bertz CT molecular complexity index is 1170. The number of aromatic nitrogens is 4. The van der Waals surface area contributed by atoms with Crippen molar-refractivity contribution in [3.8, 4) is 11.8 Å². The van der Waals surface area contributed by atoms with Crippen LogP contribution in [0, 0.1) is 23.6 Å². The Morgan fingerprint density at radius 2 is 2.00 bits per heavy atom. The maximum Gasteiger partial charge on any atom is 0.167 e. The van der Waals surface area contributed by atoms with Crippen LogP contribution in [-0.4, -0.2) is 54.6 Å². The number of anilines is 1. The van der Waals surface area contributed by atoms with E-state index in [1.165, 1.54) is 38.0 Å². The van der Waals surface area contributed by atoms with Gasteiger partial charge in [-0.2, -0.15) is 0 Å². The number of ether oxygens (including phenoxy) is 1. The molecule has 1 aliphatic heterocycles. The lowest BCUT2D eigenvalue weighted by molar-refractivity contribution is -0.0332. The number of nitrogens with zero attached hydrogens (tertiary/aromatic N) is 4. The number of benzene rings is 1. The SMILES string of the molecule is O[C@@H]1[C@H](O)[C@@H](CC#Cc2ccccc2F)O[C@H]1n1cnc2c(NCC3CCC3)ncnc21. The van der Waals surface area contributed by atoms with Crippen molar-refractivity contribution in [3.05, 3.63) is 48.3 Å². The van der Waals surface area contributed by atoms with Crippen LogP contribution in [0.4, 0.5) is 10.2 Å². The second-order valence-corrected chi connectivity index (χ2v) is 8.26. The highest BCUT2D eigenvalue weighted by molar-refractivity contribution is 5.82. The molecule has 1 aromatic carbocycles. The van der Waals surface area contributed by atoms with E-state index in [0.717, 1.165) is 6.54 Å². The van der Waals surface area contributed by atoms with E-state index in [2.05, 4.69) is 32.1 Å². The van der Waals surface area contributed by atoms with Crippen LogP contribution >= 0.6 is 0 Å². The molecule has 0 radical (unpaired) electrons. The van der Waals surface area contributed by atoms with Gasteiger partial charge >= 0.3 is 0 Å². The summed E-state index contributed by atoms with van der Waals surface area (Å²) in [5.74, 6) is 6.48. The number of rotatable bonds is 5. The lowest BCUT2D eigenvalue weighted by Gasteiger charge is -2.25. The fourth-order valence-corrected chi connectivity index (χ4v) is 4.04. The van der Waals surface area contributed by atoms with Crippen LogP contribution in [-0.2, 0) is 4.74 Å². The molecule has 9 heteroatoms. The molecule has 0 spiro atoms. The minimum atomic E-state index is -1.19. The van der Waals surface area contributed by atoms with Crippen LogP contribution in [0.2, 0.25) is 0 Å². The average Bonchev–Trinajstić information content (AvgIpc) is 3.31. The van der Waals surface area contributed by atoms with Gasteiger partial charge in [-0.25, -0.2) is 19.3 Å². The van der Waals surface area contributed by atoms with Crippen molar-refractivity contribution in [1.82, 2.24) is 19.5 Å². The molecule has 1 saturated carbocycles. The van der Waals surface area contributed by atoms with Crippen molar-refractivity contribution in [2.75, 3.05) is 11.9 Å². The van der Waals surface area contributed by atoms with Crippen molar-refractivity contribution >= 4 is 17.0 Å². The van der Waals surface area contributed by atoms with Gasteiger partial charge in [-0.1, -0.05) is 30.4 Å². The summed E-state index contributed by atoms with van der Waals surface area (Å²) in [5.41, 5.74) is 1.36. The number of hydrogen-bond donors (Lipinski definition) is 3. The van der Waals surface area contributed by atoms with Gasteiger partial charge in [0.05, 0.1) is 18.0 Å². The van der Waals surface area contributed by atoms with Gasteiger partial charge in [0.1, 0.15) is 24.4 Å². The number of nitrogens with one attached hydrogen (secondary N) is 1. The molecule has 3 N–H and O–H groups in total. The Hall–Kier alpha value is -3.06. The van der Waals surface area contributed by atoms with E-state index in [1.54, 1.807) is 22.8 Å². The van der Waals surface area contributed by atoms with Crippen molar-refractivity contribution in [1.29, 1.82) is 0 Å². The maximum atomic E-state index is 13.7. The highest BCUT2D eigenvalue weighted by atomic mass is 19.1. The average molecular weight is 437 g/mol. The predicted molar refractivity (Wildman–Crippen MR) is 115 cm³/mol. The topological polar surface area (TPSA) is 105 Å². The van der Waals surface area contributed by atoms with Gasteiger partial charge in [0.2, 0.25) is 0 Å². The summed E-state index contributed by atoms with van der Waals surface area (Å²) in [6, 6.07) is 6.22. The maximum absolute atomic E-state index is 13.7. The van der Waals surface area contributed by atoms with Crippen molar-refractivity contribution < 1.29 is 19.3 Å². The summed E-state index contributed by atoms with van der Waals surface area (Å²) < 4.78 is 21.2. The van der Waals surface area contributed by atoms with Crippen LogP contribution in [0.15, 0.2) is 36.9 Å². The lowest BCUT2D eigenvalue weighted by Crippen LogP contribution is -2.31. The van der Waals surface area contributed by atoms with Gasteiger partial charge in [0.25, 0.3) is 0 Å². The third-order valence-corrected chi connectivity index (χ3v) is 6.15. The Kier molecular flexibility index (Phi) is 5.74. The summed E-state index contributed by atoms with van der Waals surface area (Å²) >= 11 is 0. The molecule has 0 bridgehead atoms. The molecule has 2 fully saturated rings. The van der Waals surface area contributed by atoms with Crippen LogP contribution in [0.5, 0.6) is 0 Å². The van der Waals surface area contributed by atoms with E-state index in [9.17, 15) is 14.6 Å². The monoisotopic (exact) mass is 437 g/mol. The van der Waals surface area contributed by atoms with E-state index >= 15 is 0 Å². The molecule has 4 atom stereocenters. The fourth-order valence-electron chi connectivity index (χ4n) is 4.04. The quantitative estimate of drug-likeness (QED) is 0.526.